The van der Waals surface area contributed by atoms with Crippen molar-refractivity contribution in [2.45, 2.75) is 57.2 Å². The molecule has 2 heterocycles. The third-order valence-corrected chi connectivity index (χ3v) is 5.71. The highest BCUT2D eigenvalue weighted by molar-refractivity contribution is 5.94. The van der Waals surface area contributed by atoms with Gasteiger partial charge in [0, 0.05) is 31.6 Å². The van der Waals surface area contributed by atoms with Gasteiger partial charge in [0.25, 0.3) is 5.91 Å². The number of likely N-dealkylation sites (tertiary alicyclic amines) is 1. The second-order valence-electron chi connectivity index (χ2n) is 7.38. The molecule has 134 valence electrons. The van der Waals surface area contributed by atoms with Gasteiger partial charge in [0.1, 0.15) is 0 Å². The fraction of sp³-hybridized carbons (Fsp3) is 0.600. The van der Waals surface area contributed by atoms with E-state index < -0.39 is 0 Å². The lowest BCUT2D eigenvalue weighted by molar-refractivity contribution is -0.128. The zero-order chi connectivity index (χ0) is 17.2. The predicted octanol–water partition coefficient (Wildman–Crippen LogP) is 2.59. The zero-order valence-corrected chi connectivity index (χ0v) is 14.7. The highest BCUT2D eigenvalue weighted by atomic mass is 16.5. The molecular weight excluding hydrogens is 316 g/mol. The zero-order valence-electron chi connectivity index (χ0n) is 14.7. The first-order chi connectivity index (χ1) is 12.2. The number of carbonyl (C=O) groups is 2. The first kappa shape index (κ1) is 16.6. The average Bonchev–Trinajstić information content (AvgIpc) is 3.05. The topological polar surface area (TPSA) is 49.9 Å². The van der Waals surface area contributed by atoms with Crippen molar-refractivity contribution in [2.24, 2.45) is 0 Å². The molecule has 0 bridgehead atoms. The van der Waals surface area contributed by atoms with E-state index in [1.807, 2.05) is 34.1 Å². The van der Waals surface area contributed by atoms with Crippen molar-refractivity contribution in [1.82, 2.24) is 9.80 Å². The van der Waals surface area contributed by atoms with Crippen LogP contribution in [0.1, 0.15) is 54.4 Å². The Bertz CT molecular complexity index is 658. The molecule has 0 spiro atoms. The summed E-state index contributed by atoms with van der Waals surface area (Å²) in [4.78, 5) is 28.8. The number of carbonyl (C=O) groups excluding carboxylic acids is 2. The highest BCUT2D eigenvalue weighted by Gasteiger charge is 2.37. The van der Waals surface area contributed by atoms with Crippen LogP contribution in [0.25, 0.3) is 0 Å². The van der Waals surface area contributed by atoms with Crippen LogP contribution in [0.2, 0.25) is 0 Å². The average molecular weight is 342 g/mol. The van der Waals surface area contributed by atoms with Gasteiger partial charge in [-0.1, -0.05) is 25.0 Å². The second kappa shape index (κ2) is 7.16. The summed E-state index contributed by atoms with van der Waals surface area (Å²) in [5, 5.41) is 0. The Kier molecular flexibility index (Phi) is 4.75. The van der Waals surface area contributed by atoms with E-state index in [9.17, 15) is 9.59 Å². The third kappa shape index (κ3) is 3.43. The summed E-state index contributed by atoms with van der Waals surface area (Å²) in [6.07, 6.45) is 6.26. The fourth-order valence-corrected chi connectivity index (χ4v) is 4.41. The van der Waals surface area contributed by atoms with Crippen molar-refractivity contribution in [3.05, 3.63) is 35.4 Å². The summed E-state index contributed by atoms with van der Waals surface area (Å²) in [5.74, 6) is 0.324. The number of fused-ring (bicyclic) bond motifs is 1. The highest BCUT2D eigenvalue weighted by Crippen LogP contribution is 2.29. The Morgan fingerprint density at radius 3 is 2.88 bits per heavy atom. The fourth-order valence-electron chi connectivity index (χ4n) is 4.41. The van der Waals surface area contributed by atoms with Gasteiger partial charge in [-0.25, -0.2) is 0 Å². The van der Waals surface area contributed by atoms with E-state index in [1.165, 1.54) is 12.8 Å². The third-order valence-electron chi connectivity index (χ3n) is 5.71. The molecule has 5 heteroatoms. The molecule has 0 radical (unpaired) electrons. The van der Waals surface area contributed by atoms with Crippen LogP contribution in [0.5, 0.6) is 0 Å². The molecule has 2 aliphatic heterocycles. The van der Waals surface area contributed by atoms with Crippen LogP contribution in [-0.2, 0) is 16.1 Å². The minimum Gasteiger partial charge on any atom is -0.374 e. The van der Waals surface area contributed by atoms with Crippen molar-refractivity contribution >= 4 is 11.8 Å². The summed E-state index contributed by atoms with van der Waals surface area (Å²) >= 11 is 0. The molecule has 5 nitrogen and oxygen atoms in total. The predicted molar refractivity (Wildman–Crippen MR) is 94.1 cm³/mol. The van der Waals surface area contributed by atoms with E-state index in [4.69, 9.17) is 4.74 Å². The first-order valence-electron chi connectivity index (χ1n) is 9.52. The molecule has 0 unspecified atom stereocenters. The molecule has 1 aromatic carbocycles. The maximum atomic E-state index is 13.1. The summed E-state index contributed by atoms with van der Waals surface area (Å²) in [6.45, 7) is 2.74. The van der Waals surface area contributed by atoms with Crippen LogP contribution >= 0.6 is 0 Å². The molecule has 25 heavy (non-hydrogen) atoms. The Morgan fingerprint density at radius 2 is 2.04 bits per heavy atom. The normalized spacial score (nSPS) is 26.6. The van der Waals surface area contributed by atoms with Gasteiger partial charge in [0.15, 0.2) is 0 Å². The first-order valence-corrected chi connectivity index (χ1v) is 9.52. The van der Waals surface area contributed by atoms with E-state index in [2.05, 4.69) is 0 Å². The van der Waals surface area contributed by atoms with Crippen molar-refractivity contribution in [1.29, 1.82) is 0 Å². The summed E-state index contributed by atoms with van der Waals surface area (Å²) in [7, 11) is 0. The maximum Gasteiger partial charge on any atom is 0.254 e. The van der Waals surface area contributed by atoms with Crippen LogP contribution in [-0.4, -0.2) is 53.5 Å². The summed E-state index contributed by atoms with van der Waals surface area (Å²) < 4.78 is 5.88. The van der Waals surface area contributed by atoms with Crippen molar-refractivity contribution in [2.75, 3.05) is 19.7 Å². The SMILES string of the molecule is O=C1CCCN1Cc1cccc(C(=O)N2CCO[C@@H]3CCCC[C@H]32)c1. The van der Waals surface area contributed by atoms with E-state index in [-0.39, 0.29) is 24.0 Å². The van der Waals surface area contributed by atoms with Gasteiger partial charge < -0.3 is 14.5 Å². The summed E-state index contributed by atoms with van der Waals surface area (Å²) in [6, 6.07) is 8.01. The van der Waals surface area contributed by atoms with Gasteiger partial charge in [0.05, 0.1) is 18.8 Å². The molecule has 3 aliphatic rings. The molecule has 1 saturated carbocycles. The minimum absolute atomic E-state index is 0.106. The molecule has 2 atom stereocenters. The van der Waals surface area contributed by atoms with E-state index in [1.54, 1.807) is 0 Å². The number of hydrogen-bond donors (Lipinski definition) is 0. The van der Waals surface area contributed by atoms with Gasteiger partial charge in [-0.2, -0.15) is 0 Å². The molecule has 2 saturated heterocycles. The quantitative estimate of drug-likeness (QED) is 0.848. The molecule has 2 amide bonds. The number of amides is 2. The van der Waals surface area contributed by atoms with Gasteiger partial charge >= 0.3 is 0 Å². The number of nitrogens with zero attached hydrogens (tertiary/aromatic N) is 2. The second-order valence-corrected chi connectivity index (χ2v) is 7.38. The standard InChI is InChI=1S/C20H26N2O3/c23-19-9-4-10-21(19)14-15-5-3-6-16(13-15)20(24)22-11-12-25-18-8-2-1-7-17(18)22/h3,5-6,13,17-18H,1-2,4,7-12,14H2/t17-,18-/m1/s1. The Hall–Kier alpha value is -1.88. The van der Waals surface area contributed by atoms with Crippen LogP contribution in [0.4, 0.5) is 0 Å². The van der Waals surface area contributed by atoms with Crippen molar-refractivity contribution in [3.8, 4) is 0 Å². The Morgan fingerprint density at radius 1 is 1.16 bits per heavy atom. The van der Waals surface area contributed by atoms with Gasteiger partial charge in [-0.05, 0) is 37.0 Å². The van der Waals surface area contributed by atoms with Crippen LogP contribution in [0.3, 0.4) is 0 Å². The van der Waals surface area contributed by atoms with E-state index in [0.717, 1.165) is 36.9 Å². The lowest BCUT2D eigenvalue weighted by Crippen LogP contribution is -2.54. The molecule has 0 N–H and O–H groups in total. The van der Waals surface area contributed by atoms with Crippen LogP contribution in [0, 0.1) is 0 Å². The number of ether oxygens (including phenoxy) is 1. The monoisotopic (exact) mass is 342 g/mol. The van der Waals surface area contributed by atoms with Crippen LogP contribution < -0.4 is 0 Å². The molecule has 3 fully saturated rings. The smallest absolute Gasteiger partial charge is 0.254 e. The lowest BCUT2D eigenvalue weighted by Gasteiger charge is -2.43. The molecule has 4 rings (SSSR count). The Balaban J connectivity index is 1.49. The van der Waals surface area contributed by atoms with E-state index >= 15 is 0 Å². The summed E-state index contributed by atoms with van der Waals surface area (Å²) in [5.41, 5.74) is 1.77. The van der Waals surface area contributed by atoms with Gasteiger partial charge in [-0.15, -0.1) is 0 Å². The van der Waals surface area contributed by atoms with Crippen molar-refractivity contribution in [3.63, 3.8) is 0 Å². The molecule has 1 aromatic rings. The van der Waals surface area contributed by atoms with Gasteiger partial charge in [0.2, 0.25) is 5.91 Å². The van der Waals surface area contributed by atoms with Gasteiger partial charge in [-0.3, -0.25) is 9.59 Å². The largest absolute Gasteiger partial charge is 0.374 e. The minimum atomic E-state index is 0.106. The maximum absolute atomic E-state index is 13.1. The van der Waals surface area contributed by atoms with E-state index in [0.29, 0.717) is 26.1 Å². The molecule has 0 aromatic heterocycles. The number of hydrogen-bond acceptors (Lipinski definition) is 3. The number of morpholine rings is 1. The number of rotatable bonds is 3. The number of benzene rings is 1. The Labute approximate surface area is 148 Å². The lowest BCUT2D eigenvalue weighted by atomic mass is 9.89. The molecule has 1 aliphatic carbocycles. The molecular formula is C20H26N2O3. The van der Waals surface area contributed by atoms with Crippen LogP contribution in [0.15, 0.2) is 24.3 Å². The van der Waals surface area contributed by atoms with Crippen molar-refractivity contribution < 1.29 is 14.3 Å².